The van der Waals surface area contributed by atoms with E-state index < -0.39 is 10.8 Å². The Kier molecular flexibility index (Phi) is 5.62. The summed E-state index contributed by atoms with van der Waals surface area (Å²) in [4.78, 5) is 4.20. The van der Waals surface area contributed by atoms with Gasteiger partial charge in [-0.15, -0.1) is 0 Å². The average molecular weight is 244 g/mol. The summed E-state index contributed by atoms with van der Waals surface area (Å²) >= 11 is 0. The number of nitrogens with one attached hydrogen (secondary N) is 1. The van der Waals surface area contributed by atoms with Crippen LogP contribution in [0.4, 0.5) is 0 Å². The van der Waals surface area contributed by atoms with Gasteiger partial charge in [0.1, 0.15) is 12.2 Å². The smallest absolute Gasteiger partial charge is 0.140 e. The highest BCUT2D eigenvalue weighted by Crippen LogP contribution is 2.00. The lowest BCUT2D eigenvalue weighted by atomic mass is 10.2. The number of hydrogen-bond donors (Lipinski definition) is 1. The number of nitrogens with zero attached hydrogens (tertiary/aromatic N) is 3. The molecule has 0 fully saturated rings. The van der Waals surface area contributed by atoms with E-state index in [2.05, 4.69) is 29.2 Å². The van der Waals surface area contributed by atoms with Crippen LogP contribution < -0.4 is 5.32 Å². The van der Waals surface area contributed by atoms with E-state index in [1.165, 1.54) is 0 Å². The van der Waals surface area contributed by atoms with E-state index in [0.29, 0.717) is 18.2 Å². The molecule has 0 aliphatic heterocycles. The van der Waals surface area contributed by atoms with Gasteiger partial charge in [-0.3, -0.25) is 4.21 Å². The minimum atomic E-state index is -0.734. The van der Waals surface area contributed by atoms with Gasteiger partial charge in [-0.25, -0.2) is 9.67 Å². The molecule has 1 heterocycles. The first kappa shape index (κ1) is 13.3. The summed E-state index contributed by atoms with van der Waals surface area (Å²) in [5.41, 5.74) is 0. The molecule has 0 bridgehead atoms. The molecule has 6 heteroatoms. The monoisotopic (exact) mass is 244 g/mol. The first-order valence-corrected chi connectivity index (χ1v) is 7.19. The first-order chi connectivity index (χ1) is 7.59. The Bertz CT molecular complexity index is 337. The standard InChI is InChI=1S/C10H20N4OS/c1-9(2)7-14-10(12-8-13-14)6-11-4-5-16(3)15/h8-9,11H,4-7H2,1-3H3. The van der Waals surface area contributed by atoms with Crippen molar-refractivity contribution in [2.24, 2.45) is 5.92 Å². The van der Waals surface area contributed by atoms with E-state index >= 15 is 0 Å². The van der Waals surface area contributed by atoms with Gasteiger partial charge in [-0.2, -0.15) is 5.10 Å². The van der Waals surface area contributed by atoms with Crippen molar-refractivity contribution in [2.75, 3.05) is 18.6 Å². The van der Waals surface area contributed by atoms with Crippen molar-refractivity contribution in [3.05, 3.63) is 12.2 Å². The highest BCUT2D eigenvalue weighted by Gasteiger charge is 2.05. The van der Waals surface area contributed by atoms with E-state index in [0.717, 1.165) is 18.9 Å². The SMILES string of the molecule is CC(C)Cn1ncnc1CNCCS(C)=O. The van der Waals surface area contributed by atoms with Crippen LogP contribution in [0.2, 0.25) is 0 Å². The number of aromatic nitrogens is 3. The van der Waals surface area contributed by atoms with Crippen LogP contribution in [0.15, 0.2) is 6.33 Å². The Balaban J connectivity index is 2.35. The zero-order chi connectivity index (χ0) is 12.0. The largest absolute Gasteiger partial charge is 0.309 e. The molecule has 0 radical (unpaired) electrons. The van der Waals surface area contributed by atoms with Gasteiger partial charge in [0.25, 0.3) is 0 Å². The molecule has 1 rings (SSSR count). The van der Waals surface area contributed by atoms with Crippen molar-refractivity contribution in [2.45, 2.75) is 26.9 Å². The highest BCUT2D eigenvalue weighted by molar-refractivity contribution is 7.84. The summed E-state index contributed by atoms with van der Waals surface area (Å²) in [7, 11) is -0.734. The molecule has 1 atom stereocenters. The maximum atomic E-state index is 10.9. The first-order valence-electron chi connectivity index (χ1n) is 5.47. The fourth-order valence-corrected chi connectivity index (χ4v) is 1.77. The third-order valence-electron chi connectivity index (χ3n) is 2.08. The fourth-order valence-electron chi connectivity index (χ4n) is 1.34. The summed E-state index contributed by atoms with van der Waals surface area (Å²) < 4.78 is 12.8. The molecule has 0 aliphatic carbocycles. The van der Waals surface area contributed by atoms with Crippen molar-refractivity contribution < 1.29 is 4.21 Å². The Morgan fingerprint density at radius 2 is 2.31 bits per heavy atom. The third kappa shape index (κ3) is 4.85. The highest BCUT2D eigenvalue weighted by atomic mass is 32.2. The van der Waals surface area contributed by atoms with Crippen LogP contribution in [0.3, 0.4) is 0 Å². The van der Waals surface area contributed by atoms with Gasteiger partial charge < -0.3 is 5.32 Å². The Hall–Kier alpha value is -0.750. The molecule has 0 spiro atoms. The lowest BCUT2D eigenvalue weighted by Gasteiger charge is -2.08. The van der Waals surface area contributed by atoms with E-state index in [4.69, 9.17) is 0 Å². The van der Waals surface area contributed by atoms with Gasteiger partial charge in [0.2, 0.25) is 0 Å². The van der Waals surface area contributed by atoms with Gasteiger partial charge in [-0.05, 0) is 5.92 Å². The summed E-state index contributed by atoms with van der Waals surface area (Å²) in [6, 6.07) is 0. The molecule has 1 unspecified atom stereocenters. The van der Waals surface area contributed by atoms with Crippen LogP contribution in [0.1, 0.15) is 19.7 Å². The second kappa shape index (κ2) is 6.75. The molecule has 0 saturated carbocycles. The van der Waals surface area contributed by atoms with Crippen LogP contribution in [0, 0.1) is 5.92 Å². The molecule has 0 aliphatic rings. The van der Waals surface area contributed by atoms with Gasteiger partial charge in [0.15, 0.2) is 0 Å². The van der Waals surface area contributed by atoms with Crippen molar-refractivity contribution in [1.82, 2.24) is 20.1 Å². The lowest BCUT2D eigenvalue weighted by molar-refractivity contribution is 0.459. The van der Waals surface area contributed by atoms with Crippen LogP contribution >= 0.6 is 0 Å². The summed E-state index contributed by atoms with van der Waals surface area (Å²) in [6.07, 6.45) is 3.29. The molecule has 0 aromatic carbocycles. The molecule has 5 nitrogen and oxygen atoms in total. The van der Waals surface area contributed by atoms with Gasteiger partial charge in [0, 0.05) is 35.9 Å². The molecule has 0 amide bonds. The molecule has 16 heavy (non-hydrogen) atoms. The van der Waals surface area contributed by atoms with Crippen LogP contribution in [-0.4, -0.2) is 37.5 Å². The molecule has 0 saturated heterocycles. The maximum absolute atomic E-state index is 10.9. The maximum Gasteiger partial charge on any atom is 0.140 e. The quantitative estimate of drug-likeness (QED) is 0.705. The Morgan fingerprint density at radius 3 is 2.94 bits per heavy atom. The second-order valence-electron chi connectivity index (χ2n) is 4.21. The third-order valence-corrected chi connectivity index (χ3v) is 2.86. The normalized spacial score (nSPS) is 13.2. The average Bonchev–Trinajstić information content (AvgIpc) is 2.59. The lowest BCUT2D eigenvalue weighted by Crippen LogP contribution is -2.22. The summed E-state index contributed by atoms with van der Waals surface area (Å²) in [5, 5.41) is 7.39. The molecular formula is C10H20N4OS. The Morgan fingerprint density at radius 1 is 1.56 bits per heavy atom. The van der Waals surface area contributed by atoms with Crippen LogP contribution in [-0.2, 0) is 23.9 Å². The van der Waals surface area contributed by atoms with Crippen molar-refractivity contribution in [3.63, 3.8) is 0 Å². The number of hydrogen-bond acceptors (Lipinski definition) is 4. The minimum absolute atomic E-state index is 0.559. The summed E-state index contributed by atoms with van der Waals surface area (Å²) in [6.45, 7) is 6.62. The molecule has 1 aromatic rings. The summed E-state index contributed by atoms with van der Waals surface area (Å²) in [5.74, 6) is 2.18. The van der Waals surface area contributed by atoms with Crippen LogP contribution in [0.5, 0.6) is 0 Å². The zero-order valence-electron chi connectivity index (χ0n) is 10.1. The second-order valence-corrected chi connectivity index (χ2v) is 5.76. The molecule has 1 N–H and O–H groups in total. The van der Waals surface area contributed by atoms with Gasteiger partial charge in [0.05, 0.1) is 6.54 Å². The fraction of sp³-hybridized carbons (Fsp3) is 0.800. The predicted molar refractivity (Wildman–Crippen MR) is 65.5 cm³/mol. The van der Waals surface area contributed by atoms with Crippen molar-refractivity contribution >= 4 is 10.8 Å². The topological polar surface area (TPSA) is 59.8 Å². The van der Waals surface area contributed by atoms with Crippen molar-refractivity contribution in [1.29, 1.82) is 0 Å². The van der Waals surface area contributed by atoms with E-state index in [1.54, 1.807) is 12.6 Å². The Labute approximate surface area is 99.1 Å². The van der Waals surface area contributed by atoms with Gasteiger partial charge in [-0.1, -0.05) is 13.8 Å². The zero-order valence-corrected chi connectivity index (χ0v) is 11.0. The molecular weight excluding hydrogens is 224 g/mol. The van der Waals surface area contributed by atoms with Gasteiger partial charge >= 0.3 is 0 Å². The van der Waals surface area contributed by atoms with E-state index in [9.17, 15) is 4.21 Å². The van der Waals surface area contributed by atoms with E-state index in [1.807, 2.05) is 4.68 Å². The van der Waals surface area contributed by atoms with E-state index in [-0.39, 0.29) is 0 Å². The molecule has 92 valence electrons. The number of rotatable bonds is 7. The minimum Gasteiger partial charge on any atom is -0.309 e. The predicted octanol–water partition coefficient (Wildman–Crippen LogP) is 0.402. The van der Waals surface area contributed by atoms with Crippen LogP contribution in [0.25, 0.3) is 0 Å². The molecule has 1 aromatic heterocycles. The van der Waals surface area contributed by atoms with Crippen molar-refractivity contribution in [3.8, 4) is 0 Å².